The molecule has 3 N–H and O–H groups in total. The molecular formula is C8H6Cl2N2OS. The summed E-state index contributed by atoms with van der Waals surface area (Å²) in [5.41, 5.74) is 5.69. The quantitative estimate of drug-likeness (QED) is 0.366. The van der Waals surface area contributed by atoms with Crippen molar-refractivity contribution in [1.29, 1.82) is 0 Å². The Morgan fingerprint density at radius 1 is 1.36 bits per heavy atom. The molecule has 0 saturated carbocycles. The molecule has 1 rings (SSSR count). The van der Waals surface area contributed by atoms with E-state index in [1.807, 2.05) is 0 Å². The van der Waals surface area contributed by atoms with Gasteiger partial charge in [0.05, 0.1) is 10.0 Å². The minimum Gasteiger partial charge on any atom is -0.410 e. The van der Waals surface area contributed by atoms with Crippen molar-refractivity contribution in [2.24, 2.45) is 10.9 Å². The second-order valence-electron chi connectivity index (χ2n) is 2.41. The third kappa shape index (κ3) is 2.15. The van der Waals surface area contributed by atoms with Crippen LogP contribution in [0.25, 0.3) is 0 Å². The van der Waals surface area contributed by atoms with E-state index in [9.17, 15) is 0 Å². The molecule has 0 aliphatic heterocycles. The Bertz CT molecular complexity index is 386. The highest BCUT2D eigenvalue weighted by Gasteiger charge is 2.15. The Kier molecular flexibility index (Phi) is 3.69. The van der Waals surface area contributed by atoms with Gasteiger partial charge in [-0.2, -0.15) is 0 Å². The number of nitrogens with zero attached hydrogens (tertiary/aromatic N) is 1. The maximum absolute atomic E-state index is 8.70. The number of benzene rings is 1. The molecule has 6 heteroatoms. The molecule has 0 amide bonds. The van der Waals surface area contributed by atoms with Crippen LogP contribution in [0.5, 0.6) is 0 Å². The van der Waals surface area contributed by atoms with E-state index in [1.165, 1.54) is 0 Å². The molecule has 0 fully saturated rings. The summed E-state index contributed by atoms with van der Waals surface area (Å²) in [7, 11) is 0. The first-order valence-corrected chi connectivity index (χ1v) is 4.70. The van der Waals surface area contributed by atoms with E-state index in [4.69, 9.17) is 34.1 Å². The van der Waals surface area contributed by atoms with Gasteiger partial charge in [0.15, 0.2) is 0 Å². The highest BCUT2D eigenvalue weighted by molar-refractivity contribution is 7.82. The Balaban J connectivity index is 3.37. The Morgan fingerprint density at radius 2 is 1.86 bits per heavy atom. The molecule has 1 aromatic carbocycles. The Hall–Kier alpha value is -0.840. The van der Waals surface area contributed by atoms with E-state index in [1.54, 1.807) is 18.2 Å². The third-order valence-electron chi connectivity index (χ3n) is 1.53. The number of hydrogen-bond donors (Lipinski definition) is 2. The maximum atomic E-state index is 8.70. The number of nitrogens with two attached hydrogens (primary N) is 1. The van der Waals surface area contributed by atoms with Crippen molar-refractivity contribution in [3.05, 3.63) is 33.8 Å². The van der Waals surface area contributed by atoms with Crippen LogP contribution in [0.2, 0.25) is 10.0 Å². The fourth-order valence-electron chi connectivity index (χ4n) is 0.947. The molecule has 0 atom stereocenters. The van der Waals surface area contributed by atoms with Crippen molar-refractivity contribution in [2.45, 2.75) is 0 Å². The summed E-state index contributed by atoms with van der Waals surface area (Å²) in [4.78, 5) is -0.0671. The molecule has 0 saturated heterocycles. The maximum Gasteiger partial charge on any atom is 0.146 e. The lowest BCUT2D eigenvalue weighted by molar-refractivity contribution is 0.320. The summed E-state index contributed by atoms with van der Waals surface area (Å²) in [6.45, 7) is 0. The molecule has 0 aliphatic carbocycles. The van der Waals surface area contributed by atoms with Crippen LogP contribution in [-0.2, 0) is 0 Å². The molecule has 3 nitrogen and oxygen atoms in total. The molecule has 0 aliphatic rings. The third-order valence-corrected chi connectivity index (χ3v) is 2.36. The SMILES string of the molecule is NC(=S)C(=NO)c1c(Cl)cccc1Cl. The minimum absolute atomic E-state index is 0.00981. The van der Waals surface area contributed by atoms with E-state index in [-0.39, 0.29) is 10.7 Å². The van der Waals surface area contributed by atoms with Gasteiger partial charge in [0.1, 0.15) is 10.7 Å². The molecule has 0 radical (unpaired) electrons. The van der Waals surface area contributed by atoms with Gasteiger partial charge in [-0.15, -0.1) is 0 Å². The van der Waals surface area contributed by atoms with Crippen LogP contribution in [0.3, 0.4) is 0 Å². The second-order valence-corrected chi connectivity index (χ2v) is 3.66. The number of rotatable bonds is 2. The van der Waals surface area contributed by atoms with E-state index in [2.05, 4.69) is 17.4 Å². The Morgan fingerprint density at radius 3 is 2.21 bits per heavy atom. The van der Waals surface area contributed by atoms with Crippen LogP contribution >= 0.6 is 35.4 Å². The zero-order valence-corrected chi connectivity index (χ0v) is 9.20. The van der Waals surface area contributed by atoms with Gasteiger partial charge in [-0.05, 0) is 12.1 Å². The van der Waals surface area contributed by atoms with Gasteiger partial charge in [0.25, 0.3) is 0 Å². The first-order valence-electron chi connectivity index (χ1n) is 3.54. The number of hydrogen-bond acceptors (Lipinski definition) is 3. The van der Waals surface area contributed by atoms with Crippen LogP contribution in [0, 0.1) is 0 Å². The van der Waals surface area contributed by atoms with Gasteiger partial charge in [0.2, 0.25) is 0 Å². The number of thiocarbonyl (C=S) groups is 1. The molecule has 74 valence electrons. The first-order chi connectivity index (χ1) is 6.57. The average molecular weight is 249 g/mol. The van der Waals surface area contributed by atoms with Crippen LogP contribution < -0.4 is 5.73 Å². The van der Waals surface area contributed by atoms with Crippen molar-refractivity contribution in [3.8, 4) is 0 Å². The lowest BCUT2D eigenvalue weighted by Gasteiger charge is -2.06. The molecule has 0 heterocycles. The smallest absolute Gasteiger partial charge is 0.146 e. The fourth-order valence-corrected chi connectivity index (χ4v) is 1.67. The van der Waals surface area contributed by atoms with Crippen molar-refractivity contribution < 1.29 is 5.21 Å². The van der Waals surface area contributed by atoms with Crippen LogP contribution in [-0.4, -0.2) is 15.9 Å². The summed E-state index contributed by atoms with van der Waals surface area (Å²) in [5, 5.41) is 12.3. The van der Waals surface area contributed by atoms with Crippen LogP contribution in [0.1, 0.15) is 5.56 Å². The molecular weight excluding hydrogens is 243 g/mol. The van der Waals surface area contributed by atoms with Crippen LogP contribution in [0.4, 0.5) is 0 Å². The highest BCUT2D eigenvalue weighted by Crippen LogP contribution is 2.25. The lowest BCUT2D eigenvalue weighted by Crippen LogP contribution is -2.22. The summed E-state index contributed by atoms with van der Waals surface area (Å²) in [5.74, 6) is 0. The standard InChI is InChI=1S/C8H6Cl2N2OS/c9-4-2-1-3-5(10)6(4)7(12-13)8(11)14/h1-3,13H,(H2,11,14). The van der Waals surface area contributed by atoms with Crippen molar-refractivity contribution >= 4 is 46.1 Å². The van der Waals surface area contributed by atoms with Crippen molar-refractivity contribution in [1.82, 2.24) is 0 Å². The molecule has 0 bridgehead atoms. The zero-order chi connectivity index (χ0) is 10.7. The summed E-state index contributed by atoms with van der Waals surface area (Å²) in [6.07, 6.45) is 0. The van der Waals surface area contributed by atoms with Gasteiger partial charge in [-0.1, -0.05) is 46.6 Å². The lowest BCUT2D eigenvalue weighted by atomic mass is 10.1. The normalized spacial score (nSPS) is 11.4. The van der Waals surface area contributed by atoms with E-state index in [0.717, 1.165) is 0 Å². The summed E-state index contributed by atoms with van der Waals surface area (Å²) < 4.78 is 0. The predicted molar refractivity (Wildman–Crippen MR) is 61.6 cm³/mol. The van der Waals surface area contributed by atoms with E-state index in [0.29, 0.717) is 15.6 Å². The molecule has 0 spiro atoms. The predicted octanol–water partition coefficient (Wildman–Crippen LogP) is 2.46. The fraction of sp³-hybridized carbons (Fsp3) is 0. The monoisotopic (exact) mass is 248 g/mol. The summed E-state index contributed by atoms with van der Waals surface area (Å²) >= 11 is 16.4. The van der Waals surface area contributed by atoms with Gasteiger partial charge >= 0.3 is 0 Å². The van der Waals surface area contributed by atoms with Crippen molar-refractivity contribution in [2.75, 3.05) is 0 Å². The van der Waals surface area contributed by atoms with E-state index >= 15 is 0 Å². The molecule has 0 unspecified atom stereocenters. The van der Waals surface area contributed by atoms with Crippen LogP contribution in [0.15, 0.2) is 23.4 Å². The molecule has 14 heavy (non-hydrogen) atoms. The Labute approximate surface area is 96.1 Å². The zero-order valence-electron chi connectivity index (χ0n) is 6.87. The van der Waals surface area contributed by atoms with Gasteiger partial charge in [-0.25, -0.2) is 0 Å². The van der Waals surface area contributed by atoms with E-state index < -0.39 is 0 Å². The van der Waals surface area contributed by atoms with Gasteiger partial charge in [0, 0.05) is 5.56 Å². The largest absolute Gasteiger partial charge is 0.410 e. The number of halogens is 2. The highest BCUT2D eigenvalue weighted by atomic mass is 35.5. The average Bonchev–Trinajstić information content (AvgIpc) is 2.10. The van der Waals surface area contributed by atoms with Gasteiger partial charge < -0.3 is 10.9 Å². The topological polar surface area (TPSA) is 58.6 Å². The summed E-state index contributed by atoms with van der Waals surface area (Å²) in [6, 6.07) is 4.88. The van der Waals surface area contributed by atoms with Gasteiger partial charge in [-0.3, -0.25) is 0 Å². The first kappa shape index (κ1) is 11.2. The number of oxime groups is 1. The molecule has 0 aromatic heterocycles. The van der Waals surface area contributed by atoms with Crippen molar-refractivity contribution in [3.63, 3.8) is 0 Å². The second kappa shape index (κ2) is 4.59. The minimum atomic E-state index is -0.0671. The molecule has 1 aromatic rings.